The summed E-state index contributed by atoms with van der Waals surface area (Å²) in [7, 11) is 0. The van der Waals surface area contributed by atoms with Gasteiger partial charge in [-0.2, -0.15) is 0 Å². The first-order valence-electron chi connectivity index (χ1n) is 10.7. The average Bonchev–Trinajstić information content (AvgIpc) is 2.74. The van der Waals surface area contributed by atoms with Crippen molar-refractivity contribution in [2.24, 2.45) is 0 Å². The van der Waals surface area contributed by atoms with Crippen molar-refractivity contribution >= 4 is 12.2 Å². The number of carbonyl (C=O) groups excluding carboxylic acids is 2. The van der Waals surface area contributed by atoms with E-state index >= 15 is 0 Å². The molecule has 2 aromatic carbocycles. The van der Waals surface area contributed by atoms with E-state index in [4.69, 9.17) is 9.47 Å². The summed E-state index contributed by atoms with van der Waals surface area (Å²) in [4.78, 5) is 23.8. The second-order valence-corrected chi connectivity index (χ2v) is 8.83. The second-order valence-electron chi connectivity index (χ2n) is 8.83. The SMILES string of the molecule is CCC(C)(C)c1ccc(OC(=O)NCNC(=O)Oc2ccc(C(C)(C)CC)cc2)cc1. The Labute approximate surface area is 185 Å². The lowest BCUT2D eigenvalue weighted by Gasteiger charge is -2.23. The highest BCUT2D eigenvalue weighted by Crippen LogP contribution is 2.29. The van der Waals surface area contributed by atoms with E-state index in [1.165, 1.54) is 11.1 Å². The maximum atomic E-state index is 11.9. The zero-order valence-electron chi connectivity index (χ0n) is 19.4. The largest absolute Gasteiger partial charge is 0.413 e. The van der Waals surface area contributed by atoms with Crippen molar-refractivity contribution in [2.75, 3.05) is 6.67 Å². The first kappa shape index (κ1) is 24.3. The van der Waals surface area contributed by atoms with E-state index in [1.54, 1.807) is 24.3 Å². The van der Waals surface area contributed by atoms with Gasteiger partial charge < -0.3 is 20.1 Å². The molecular weight excluding hydrogens is 392 g/mol. The van der Waals surface area contributed by atoms with Gasteiger partial charge in [-0.15, -0.1) is 0 Å². The van der Waals surface area contributed by atoms with Crippen molar-refractivity contribution in [3.05, 3.63) is 59.7 Å². The van der Waals surface area contributed by atoms with Crippen LogP contribution >= 0.6 is 0 Å². The predicted molar refractivity (Wildman–Crippen MR) is 123 cm³/mol. The average molecular weight is 427 g/mol. The van der Waals surface area contributed by atoms with Gasteiger partial charge in [-0.1, -0.05) is 65.8 Å². The van der Waals surface area contributed by atoms with Gasteiger partial charge in [0.1, 0.15) is 11.5 Å². The summed E-state index contributed by atoms with van der Waals surface area (Å²) < 4.78 is 10.5. The van der Waals surface area contributed by atoms with E-state index in [1.807, 2.05) is 24.3 Å². The highest BCUT2D eigenvalue weighted by atomic mass is 16.6. The van der Waals surface area contributed by atoms with E-state index in [0.717, 1.165) is 12.8 Å². The van der Waals surface area contributed by atoms with Gasteiger partial charge in [0.05, 0.1) is 6.67 Å². The minimum absolute atomic E-state index is 0.0671. The molecule has 2 rings (SSSR count). The lowest BCUT2D eigenvalue weighted by molar-refractivity contribution is 0.192. The predicted octanol–water partition coefficient (Wildman–Crippen LogP) is 5.90. The standard InChI is InChI=1S/C25H34N2O4/c1-7-24(3,4)18-9-13-20(14-10-18)30-22(28)26-17-27-23(29)31-21-15-11-19(12-16-21)25(5,6)8-2/h9-16H,7-8,17H2,1-6H3,(H,26,28)(H,27,29). The minimum Gasteiger partial charge on any atom is -0.410 e. The van der Waals surface area contributed by atoms with Crippen LogP contribution in [0.5, 0.6) is 11.5 Å². The van der Waals surface area contributed by atoms with Crippen molar-refractivity contribution in [2.45, 2.75) is 65.2 Å². The third-order valence-electron chi connectivity index (χ3n) is 5.93. The number of hydrogen-bond donors (Lipinski definition) is 2. The molecular formula is C25H34N2O4. The normalized spacial score (nSPS) is 11.5. The number of nitrogens with one attached hydrogen (secondary N) is 2. The number of carbonyl (C=O) groups is 2. The molecule has 0 aliphatic carbocycles. The molecule has 0 saturated carbocycles. The smallest absolute Gasteiger partial charge is 0.410 e. The monoisotopic (exact) mass is 426 g/mol. The van der Waals surface area contributed by atoms with Crippen LogP contribution in [0.2, 0.25) is 0 Å². The maximum Gasteiger partial charge on any atom is 0.413 e. The molecule has 31 heavy (non-hydrogen) atoms. The molecule has 0 aromatic heterocycles. The second kappa shape index (κ2) is 10.3. The molecule has 0 unspecified atom stereocenters. The number of rotatable bonds is 8. The summed E-state index contributed by atoms with van der Waals surface area (Å²) >= 11 is 0. The zero-order chi connectivity index (χ0) is 23.1. The fourth-order valence-corrected chi connectivity index (χ4v) is 2.83. The quantitative estimate of drug-likeness (QED) is 0.516. The van der Waals surface area contributed by atoms with E-state index < -0.39 is 12.2 Å². The van der Waals surface area contributed by atoms with Crippen LogP contribution in [0.25, 0.3) is 0 Å². The van der Waals surface area contributed by atoms with E-state index in [2.05, 4.69) is 52.2 Å². The van der Waals surface area contributed by atoms with Gasteiger partial charge in [-0.05, 0) is 59.1 Å². The summed E-state index contributed by atoms with van der Waals surface area (Å²) in [6, 6.07) is 14.9. The Morgan fingerprint density at radius 1 is 0.677 bits per heavy atom. The molecule has 6 heteroatoms. The van der Waals surface area contributed by atoms with Crippen LogP contribution in [0.3, 0.4) is 0 Å². The Morgan fingerprint density at radius 3 is 1.29 bits per heavy atom. The van der Waals surface area contributed by atoms with Gasteiger partial charge in [0.2, 0.25) is 0 Å². The minimum atomic E-state index is -0.658. The molecule has 0 atom stereocenters. The van der Waals surface area contributed by atoms with Crippen molar-refractivity contribution in [3.63, 3.8) is 0 Å². The molecule has 0 saturated heterocycles. The van der Waals surface area contributed by atoms with Gasteiger partial charge in [0, 0.05) is 0 Å². The Balaban J connectivity index is 1.76. The van der Waals surface area contributed by atoms with Crippen LogP contribution in [0.15, 0.2) is 48.5 Å². The summed E-state index contributed by atoms with van der Waals surface area (Å²) in [6.45, 7) is 12.8. The highest BCUT2D eigenvalue weighted by Gasteiger charge is 2.19. The number of hydrogen-bond acceptors (Lipinski definition) is 4. The molecule has 0 spiro atoms. The zero-order valence-corrected chi connectivity index (χ0v) is 19.4. The molecule has 0 fully saturated rings. The van der Waals surface area contributed by atoms with Gasteiger partial charge in [-0.3, -0.25) is 0 Å². The first-order valence-corrected chi connectivity index (χ1v) is 10.7. The fourth-order valence-electron chi connectivity index (χ4n) is 2.83. The van der Waals surface area contributed by atoms with E-state index in [-0.39, 0.29) is 17.5 Å². The molecule has 2 amide bonds. The maximum absolute atomic E-state index is 11.9. The molecule has 2 aromatic rings. The van der Waals surface area contributed by atoms with Crippen LogP contribution in [0.4, 0.5) is 9.59 Å². The fraction of sp³-hybridized carbons (Fsp3) is 0.440. The molecule has 168 valence electrons. The van der Waals surface area contributed by atoms with E-state index in [0.29, 0.717) is 11.5 Å². The third-order valence-corrected chi connectivity index (χ3v) is 5.93. The molecule has 2 N–H and O–H groups in total. The van der Waals surface area contributed by atoms with Crippen LogP contribution in [0.1, 0.15) is 65.5 Å². The number of benzene rings is 2. The summed E-state index contributed by atoms with van der Waals surface area (Å²) in [6.07, 6.45) is 0.704. The van der Waals surface area contributed by atoms with Gasteiger partial charge in [0.15, 0.2) is 0 Å². The number of ether oxygens (including phenoxy) is 2. The Morgan fingerprint density at radius 2 is 1.00 bits per heavy atom. The van der Waals surface area contributed by atoms with Crippen molar-refractivity contribution in [1.82, 2.24) is 10.6 Å². The highest BCUT2D eigenvalue weighted by molar-refractivity contribution is 5.73. The Kier molecular flexibility index (Phi) is 8.08. The molecule has 0 aliphatic heterocycles. The van der Waals surface area contributed by atoms with Crippen LogP contribution in [-0.4, -0.2) is 18.9 Å². The molecule has 6 nitrogen and oxygen atoms in total. The molecule has 0 aliphatic rings. The van der Waals surface area contributed by atoms with E-state index in [9.17, 15) is 9.59 Å². The van der Waals surface area contributed by atoms with Gasteiger partial charge in [-0.25, -0.2) is 9.59 Å². The first-order chi connectivity index (χ1) is 14.6. The topological polar surface area (TPSA) is 76.7 Å². The van der Waals surface area contributed by atoms with Gasteiger partial charge in [0.25, 0.3) is 0 Å². The van der Waals surface area contributed by atoms with Gasteiger partial charge >= 0.3 is 12.2 Å². The van der Waals surface area contributed by atoms with Crippen LogP contribution in [0, 0.1) is 0 Å². The molecule has 0 bridgehead atoms. The Hall–Kier alpha value is -3.02. The third kappa shape index (κ3) is 7.02. The van der Waals surface area contributed by atoms with Crippen LogP contribution < -0.4 is 20.1 Å². The lowest BCUT2D eigenvalue weighted by Crippen LogP contribution is -2.39. The summed E-state index contributed by atoms with van der Waals surface area (Å²) in [5, 5.41) is 4.93. The summed E-state index contributed by atoms with van der Waals surface area (Å²) in [5.41, 5.74) is 2.49. The Bertz CT molecular complexity index is 798. The van der Waals surface area contributed by atoms with Crippen molar-refractivity contribution in [1.29, 1.82) is 0 Å². The summed E-state index contributed by atoms with van der Waals surface area (Å²) in [5.74, 6) is 0.872. The van der Waals surface area contributed by atoms with Crippen LogP contribution in [-0.2, 0) is 10.8 Å². The molecule has 0 heterocycles. The number of amides is 2. The molecule has 0 radical (unpaired) electrons. The van der Waals surface area contributed by atoms with Crippen molar-refractivity contribution < 1.29 is 19.1 Å². The lowest BCUT2D eigenvalue weighted by atomic mass is 9.82. The van der Waals surface area contributed by atoms with Crippen molar-refractivity contribution in [3.8, 4) is 11.5 Å².